The van der Waals surface area contributed by atoms with Crippen LogP contribution in [0.2, 0.25) is 5.02 Å². The van der Waals surface area contributed by atoms with Crippen molar-refractivity contribution in [1.82, 2.24) is 4.90 Å². The molecule has 0 spiro atoms. The van der Waals surface area contributed by atoms with E-state index in [1.54, 1.807) is 24.1 Å². The Bertz CT molecular complexity index is 841. The van der Waals surface area contributed by atoms with Gasteiger partial charge < -0.3 is 23.8 Å². The Morgan fingerprint density at radius 1 is 1.12 bits per heavy atom. The molecule has 0 fully saturated rings. The van der Waals surface area contributed by atoms with Crippen molar-refractivity contribution in [2.75, 3.05) is 33.4 Å². The number of hydrogen-bond acceptors (Lipinski definition) is 5. The molecule has 0 bridgehead atoms. The van der Waals surface area contributed by atoms with E-state index >= 15 is 0 Å². The van der Waals surface area contributed by atoms with Gasteiger partial charge in [0.05, 0.1) is 11.6 Å². The Hall–Kier alpha value is -2.60. The Morgan fingerprint density at radius 2 is 1.88 bits per heavy atom. The van der Waals surface area contributed by atoms with Gasteiger partial charge in [0.2, 0.25) is 0 Å². The van der Waals surface area contributed by atoms with Crippen LogP contribution < -0.4 is 18.9 Å². The maximum absolute atomic E-state index is 12.8. The summed E-state index contributed by atoms with van der Waals surface area (Å²) in [5.74, 6) is 2.21. The lowest BCUT2D eigenvalue weighted by Crippen LogP contribution is -2.41. The molecule has 0 aromatic heterocycles. The van der Waals surface area contributed by atoms with Crippen molar-refractivity contribution in [2.24, 2.45) is 0 Å². The summed E-state index contributed by atoms with van der Waals surface area (Å²) >= 11 is 6.22. The minimum absolute atomic E-state index is 0.175. The summed E-state index contributed by atoms with van der Waals surface area (Å²) in [6, 6.07) is 10.7. The third-order valence-corrected chi connectivity index (χ3v) is 4.52. The first kappa shape index (κ1) is 16.8. The predicted octanol–water partition coefficient (Wildman–Crippen LogP) is 3.02. The summed E-state index contributed by atoms with van der Waals surface area (Å²) in [7, 11) is 1.72. The molecular weight excluding hydrogens is 358 g/mol. The standard InChI is InChI=1S/C19H18ClNO5/c1-21(10-13-11-25-15-4-2-3-5-16(15)26-13)19(22)12-8-14(20)18-17(9-12)23-6-7-24-18/h2-5,8-9,13H,6-7,10-11H2,1H3/t13-/m0/s1. The zero-order valence-electron chi connectivity index (χ0n) is 14.2. The van der Waals surface area contributed by atoms with E-state index in [4.69, 9.17) is 30.5 Å². The molecular formula is C19H18ClNO5. The Morgan fingerprint density at radius 3 is 2.73 bits per heavy atom. The summed E-state index contributed by atoms with van der Waals surface area (Å²) < 4.78 is 22.6. The first-order valence-corrected chi connectivity index (χ1v) is 8.72. The molecule has 2 aliphatic heterocycles. The lowest BCUT2D eigenvalue weighted by Gasteiger charge is -2.29. The van der Waals surface area contributed by atoms with Crippen molar-refractivity contribution in [3.8, 4) is 23.0 Å². The fourth-order valence-corrected chi connectivity index (χ4v) is 3.26. The molecule has 2 aliphatic rings. The minimum atomic E-state index is -0.244. The predicted molar refractivity (Wildman–Crippen MR) is 95.8 cm³/mol. The normalized spacial score (nSPS) is 17.5. The second kappa shape index (κ2) is 6.96. The first-order valence-electron chi connectivity index (χ1n) is 8.35. The van der Waals surface area contributed by atoms with E-state index in [1.807, 2.05) is 24.3 Å². The van der Waals surface area contributed by atoms with Crippen molar-refractivity contribution in [2.45, 2.75) is 6.10 Å². The second-order valence-corrected chi connectivity index (χ2v) is 6.57. The molecule has 2 aromatic carbocycles. The molecule has 1 atom stereocenters. The zero-order valence-corrected chi connectivity index (χ0v) is 15.0. The average molecular weight is 376 g/mol. The van der Waals surface area contributed by atoms with Crippen LogP contribution in [-0.2, 0) is 0 Å². The molecule has 6 nitrogen and oxygen atoms in total. The van der Waals surface area contributed by atoms with Crippen molar-refractivity contribution in [3.63, 3.8) is 0 Å². The molecule has 0 unspecified atom stereocenters. The van der Waals surface area contributed by atoms with Gasteiger partial charge in [-0.1, -0.05) is 23.7 Å². The number of benzene rings is 2. The largest absolute Gasteiger partial charge is 0.486 e. The molecule has 0 saturated heterocycles. The third kappa shape index (κ3) is 3.24. The Balaban J connectivity index is 1.46. The highest BCUT2D eigenvalue weighted by molar-refractivity contribution is 6.32. The summed E-state index contributed by atoms with van der Waals surface area (Å²) in [6.45, 7) is 1.65. The number of carbonyl (C=O) groups excluding carboxylic acids is 1. The molecule has 4 rings (SSSR count). The van der Waals surface area contributed by atoms with Crippen LogP contribution in [0.5, 0.6) is 23.0 Å². The van der Waals surface area contributed by atoms with Gasteiger partial charge in [-0.25, -0.2) is 0 Å². The van der Waals surface area contributed by atoms with Gasteiger partial charge >= 0.3 is 0 Å². The molecule has 2 heterocycles. The fraction of sp³-hybridized carbons (Fsp3) is 0.316. The SMILES string of the molecule is CN(C[C@H]1COc2ccccc2O1)C(=O)c1cc(Cl)c2c(c1)OCCO2. The zero-order chi connectivity index (χ0) is 18.1. The molecule has 136 valence electrons. The molecule has 2 aromatic rings. The number of para-hydroxylation sites is 2. The molecule has 0 N–H and O–H groups in total. The first-order chi connectivity index (χ1) is 12.6. The summed E-state index contributed by atoms with van der Waals surface area (Å²) in [4.78, 5) is 14.4. The molecule has 0 radical (unpaired) electrons. The van der Waals surface area contributed by atoms with E-state index in [2.05, 4.69) is 0 Å². The van der Waals surface area contributed by atoms with Gasteiger partial charge in [-0.2, -0.15) is 0 Å². The number of halogens is 1. The van der Waals surface area contributed by atoms with Crippen LogP contribution >= 0.6 is 11.6 Å². The van der Waals surface area contributed by atoms with Crippen LogP contribution in [0.1, 0.15) is 10.4 Å². The van der Waals surface area contributed by atoms with Gasteiger partial charge in [0, 0.05) is 12.6 Å². The van der Waals surface area contributed by atoms with E-state index in [0.29, 0.717) is 54.2 Å². The number of carbonyl (C=O) groups is 1. The fourth-order valence-electron chi connectivity index (χ4n) is 3.00. The highest BCUT2D eigenvalue weighted by atomic mass is 35.5. The van der Waals surface area contributed by atoms with Crippen molar-refractivity contribution in [3.05, 3.63) is 47.0 Å². The van der Waals surface area contributed by atoms with Crippen LogP contribution in [0.15, 0.2) is 36.4 Å². The minimum Gasteiger partial charge on any atom is -0.486 e. The smallest absolute Gasteiger partial charge is 0.253 e. The molecule has 1 amide bonds. The number of amides is 1. The lowest BCUT2D eigenvalue weighted by molar-refractivity contribution is 0.0520. The quantitative estimate of drug-likeness (QED) is 0.825. The topological polar surface area (TPSA) is 57.2 Å². The van der Waals surface area contributed by atoms with Crippen LogP contribution in [0, 0.1) is 0 Å². The number of rotatable bonds is 3. The van der Waals surface area contributed by atoms with Crippen LogP contribution in [0.3, 0.4) is 0 Å². The van der Waals surface area contributed by atoms with E-state index in [-0.39, 0.29) is 12.0 Å². The van der Waals surface area contributed by atoms with Gasteiger partial charge in [-0.3, -0.25) is 4.79 Å². The highest BCUT2D eigenvalue weighted by Gasteiger charge is 2.26. The van der Waals surface area contributed by atoms with Gasteiger partial charge in [0.15, 0.2) is 29.1 Å². The Kier molecular flexibility index (Phi) is 4.51. The molecule has 26 heavy (non-hydrogen) atoms. The summed E-state index contributed by atoms with van der Waals surface area (Å²) in [6.07, 6.45) is -0.244. The maximum atomic E-state index is 12.8. The monoisotopic (exact) mass is 375 g/mol. The highest BCUT2D eigenvalue weighted by Crippen LogP contribution is 2.38. The van der Waals surface area contributed by atoms with Gasteiger partial charge in [0.1, 0.15) is 19.8 Å². The molecule has 0 saturated carbocycles. The third-order valence-electron chi connectivity index (χ3n) is 4.24. The van der Waals surface area contributed by atoms with Crippen molar-refractivity contribution in [1.29, 1.82) is 0 Å². The van der Waals surface area contributed by atoms with E-state index in [1.165, 1.54) is 0 Å². The van der Waals surface area contributed by atoms with E-state index in [0.717, 1.165) is 5.75 Å². The summed E-state index contributed by atoms with van der Waals surface area (Å²) in [5.41, 5.74) is 0.443. The van der Waals surface area contributed by atoms with Gasteiger partial charge in [0.25, 0.3) is 5.91 Å². The number of hydrogen-bond donors (Lipinski definition) is 0. The maximum Gasteiger partial charge on any atom is 0.253 e. The summed E-state index contributed by atoms with van der Waals surface area (Å²) in [5, 5.41) is 0.366. The van der Waals surface area contributed by atoms with Crippen molar-refractivity contribution < 1.29 is 23.7 Å². The average Bonchev–Trinajstić information content (AvgIpc) is 2.67. The molecule has 7 heteroatoms. The van der Waals surface area contributed by atoms with Gasteiger partial charge in [-0.15, -0.1) is 0 Å². The number of fused-ring (bicyclic) bond motifs is 2. The van der Waals surface area contributed by atoms with E-state index < -0.39 is 0 Å². The van der Waals surface area contributed by atoms with Crippen LogP contribution in [0.25, 0.3) is 0 Å². The van der Waals surface area contributed by atoms with E-state index in [9.17, 15) is 4.79 Å². The molecule has 0 aliphatic carbocycles. The Labute approximate surface area is 156 Å². The lowest BCUT2D eigenvalue weighted by atomic mass is 10.1. The van der Waals surface area contributed by atoms with Crippen molar-refractivity contribution >= 4 is 17.5 Å². The number of likely N-dealkylation sites (N-methyl/N-ethyl adjacent to an activating group) is 1. The number of ether oxygens (including phenoxy) is 4. The van der Waals surface area contributed by atoms with Gasteiger partial charge in [-0.05, 0) is 24.3 Å². The number of nitrogens with zero attached hydrogens (tertiary/aromatic N) is 1. The van der Waals surface area contributed by atoms with Crippen LogP contribution in [0.4, 0.5) is 0 Å². The van der Waals surface area contributed by atoms with Crippen LogP contribution in [-0.4, -0.2) is 50.3 Å². The second-order valence-electron chi connectivity index (χ2n) is 6.17.